The molecule has 1 heterocycles. The number of hydrogen-bond acceptors (Lipinski definition) is 3. The number of carbonyl (C=O) groups is 1. The molecule has 0 unspecified atom stereocenters. The van der Waals surface area contributed by atoms with Crippen molar-refractivity contribution in [2.24, 2.45) is 10.9 Å². The second-order valence-electron chi connectivity index (χ2n) is 8.22. The molecule has 170 valence electrons. The fourth-order valence-corrected chi connectivity index (χ4v) is 3.71. The number of rotatable bonds is 7. The minimum absolute atomic E-state index is 0. The van der Waals surface area contributed by atoms with Crippen molar-refractivity contribution in [3.63, 3.8) is 0 Å². The molecular formula is C23H35IN6O. The highest BCUT2D eigenvalue weighted by Crippen LogP contribution is 2.22. The summed E-state index contributed by atoms with van der Waals surface area (Å²) < 4.78 is 1.89. The third kappa shape index (κ3) is 7.83. The standard InChI is InChI=1S/C23H34N6O.HI/c1-18-13-14-29(27-18)21-12-8-7-11-20(21)16-25-23(26-17-22(30)28(2)3)24-15-19-9-5-4-6-10-19;/h7-8,11-14,19H,4-6,9-10,15-17H2,1-3H3,(H2,24,25,26);1H. The molecule has 1 fully saturated rings. The smallest absolute Gasteiger partial charge is 0.241 e. The Bertz CT molecular complexity index is 857. The fourth-order valence-electron chi connectivity index (χ4n) is 3.71. The summed E-state index contributed by atoms with van der Waals surface area (Å²) >= 11 is 0. The molecule has 2 aromatic rings. The van der Waals surface area contributed by atoms with E-state index in [2.05, 4.69) is 27.9 Å². The second kappa shape index (κ2) is 12.7. The number of halogens is 1. The van der Waals surface area contributed by atoms with Gasteiger partial charge in [-0.05, 0) is 43.4 Å². The molecule has 31 heavy (non-hydrogen) atoms. The number of aryl methyl sites for hydroxylation is 1. The minimum Gasteiger partial charge on any atom is -0.356 e. The average Bonchev–Trinajstić information content (AvgIpc) is 3.20. The van der Waals surface area contributed by atoms with E-state index < -0.39 is 0 Å². The maximum absolute atomic E-state index is 12.0. The monoisotopic (exact) mass is 538 g/mol. The summed E-state index contributed by atoms with van der Waals surface area (Å²) in [5, 5.41) is 11.2. The van der Waals surface area contributed by atoms with Crippen molar-refractivity contribution in [1.82, 2.24) is 25.3 Å². The van der Waals surface area contributed by atoms with E-state index in [1.807, 2.05) is 36.0 Å². The molecule has 2 N–H and O–H groups in total. The van der Waals surface area contributed by atoms with E-state index in [0.29, 0.717) is 18.4 Å². The first-order valence-electron chi connectivity index (χ1n) is 10.9. The zero-order chi connectivity index (χ0) is 21.3. The Morgan fingerprint density at radius 1 is 1.16 bits per heavy atom. The summed E-state index contributed by atoms with van der Waals surface area (Å²) in [6.45, 7) is 3.60. The lowest BCUT2D eigenvalue weighted by Crippen LogP contribution is -2.44. The number of hydrogen-bond donors (Lipinski definition) is 2. The van der Waals surface area contributed by atoms with Crippen LogP contribution in [0.5, 0.6) is 0 Å². The van der Waals surface area contributed by atoms with Gasteiger partial charge in [0.1, 0.15) is 0 Å². The van der Waals surface area contributed by atoms with E-state index in [9.17, 15) is 4.79 Å². The van der Waals surface area contributed by atoms with Crippen molar-refractivity contribution >= 4 is 35.8 Å². The summed E-state index contributed by atoms with van der Waals surface area (Å²) in [5.74, 6) is 1.38. The summed E-state index contributed by atoms with van der Waals surface area (Å²) in [7, 11) is 3.53. The van der Waals surface area contributed by atoms with Gasteiger partial charge in [-0.25, -0.2) is 9.67 Å². The Hall–Kier alpha value is -2.10. The molecule has 0 bridgehead atoms. The molecular weight excluding hydrogens is 503 g/mol. The van der Waals surface area contributed by atoms with Crippen LogP contribution in [0.2, 0.25) is 0 Å². The van der Waals surface area contributed by atoms with E-state index >= 15 is 0 Å². The van der Waals surface area contributed by atoms with Gasteiger partial charge in [-0.3, -0.25) is 4.79 Å². The number of aliphatic imine (C=N–C) groups is 1. The number of nitrogens with zero attached hydrogens (tertiary/aromatic N) is 4. The van der Waals surface area contributed by atoms with E-state index in [1.54, 1.807) is 19.0 Å². The third-order valence-electron chi connectivity index (χ3n) is 5.56. The van der Waals surface area contributed by atoms with Crippen molar-refractivity contribution in [2.45, 2.75) is 45.6 Å². The molecule has 0 spiro atoms. The Labute approximate surface area is 202 Å². The first kappa shape index (κ1) is 25.2. The van der Waals surface area contributed by atoms with Gasteiger partial charge in [0.2, 0.25) is 5.91 Å². The predicted molar refractivity (Wildman–Crippen MR) is 136 cm³/mol. The van der Waals surface area contributed by atoms with Gasteiger partial charge < -0.3 is 15.5 Å². The SMILES string of the molecule is Cc1ccn(-c2ccccc2CN=C(NCC(=O)N(C)C)NCC2CCCCC2)n1.I. The maximum atomic E-state index is 12.0. The number of benzene rings is 1. The average molecular weight is 538 g/mol. The quantitative estimate of drug-likeness (QED) is 0.322. The number of para-hydroxylation sites is 1. The number of carbonyl (C=O) groups excluding carboxylic acids is 1. The largest absolute Gasteiger partial charge is 0.356 e. The number of nitrogens with one attached hydrogen (secondary N) is 2. The number of likely N-dealkylation sites (N-methyl/N-ethyl adjacent to an activating group) is 1. The normalized spacial score (nSPS) is 14.6. The molecule has 1 saturated carbocycles. The Kier molecular flexibility index (Phi) is 10.3. The van der Waals surface area contributed by atoms with Crippen molar-refractivity contribution in [3.8, 4) is 5.69 Å². The molecule has 0 radical (unpaired) electrons. The van der Waals surface area contributed by atoms with Crippen LogP contribution < -0.4 is 10.6 Å². The molecule has 1 aromatic carbocycles. The predicted octanol–water partition coefficient (Wildman–Crippen LogP) is 3.50. The molecule has 0 atom stereocenters. The van der Waals surface area contributed by atoms with Crippen molar-refractivity contribution < 1.29 is 4.79 Å². The third-order valence-corrected chi connectivity index (χ3v) is 5.56. The first-order chi connectivity index (χ1) is 14.5. The van der Waals surface area contributed by atoms with Gasteiger partial charge in [0, 0.05) is 26.8 Å². The maximum Gasteiger partial charge on any atom is 0.241 e. The minimum atomic E-state index is 0. The first-order valence-corrected chi connectivity index (χ1v) is 10.9. The molecule has 1 aromatic heterocycles. The van der Waals surface area contributed by atoms with Crippen LogP contribution in [0, 0.1) is 12.8 Å². The van der Waals surface area contributed by atoms with E-state index in [-0.39, 0.29) is 36.4 Å². The number of aromatic nitrogens is 2. The molecule has 0 saturated heterocycles. The van der Waals surface area contributed by atoms with Crippen molar-refractivity contribution in [3.05, 3.63) is 47.8 Å². The van der Waals surface area contributed by atoms with Crippen LogP contribution in [-0.4, -0.2) is 53.7 Å². The van der Waals surface area contributed by atoms with Crippen LogP contribution in [-0.2, 0) is 11.3 Å². The van der Waals surface area contributed by atoms with Crippen LogP contribution in [0.4, 0.5) is 0 Å². The van der Waals surface area contributed by atoms with Crippen LogP contribution in [0.1, 0.15) is 43.4 Å². The van der Waals surface area contributed by atoms with Gasteiger partial charge >= 0.3 is 0 Å². The summed E-state index contributed by atoms with van der Waals surface area (Å²) in [4.78, 5) is 18.4. The summed E-state index contributed by atoms with van der Waals surface area (Å²) in [6.07, 6.45) is 8.45. The van der Waals surface area contributed by atoms with E-state index in [1.165, 1.54) is 32.1 Å². The molecule has 1 amide bonds. The molecule has 0 aliphatic heterocycles. The zero-order valence-electron chi connectivity index (χ0n) is 18.8. The molecule has 3 rings (SSSR count). The van der Waals surface area contributed by atoms with Gasteiger partial charge in [-0.2, -0.15) is 5.10 Å². The molecule has 1 aliphatic rings. The Balaban J connectivity index is 0.00000341. The fraction of sp³-hybridized carbons (Fsp3) is 0.522. The topological polar surface area (TPSA) is 74.6 Å². The molecule has 1 aliphatic carbocycles. The second-order valence-corrected chi connectivity index (χ2v) is 8.22. The highest BCUT2D eigenvalue weighted by Gasteiger charge is 2.14. The van der Waals surface area contributed by atoms with Crippen molar-refractivity contribution in [1.29, 1.82) is 0 Å². The van der Waals surface area contributed by atoms with Crippen LogP contribution in [0.3, 0.4) is 0 Å². The highest BCUT2D eigenvalue weighted by atomic mass is 127. The van der Waals surface area contributed by atoms with E-state index in [4.69, 9.17) is 4.99 Å². The lowest BCUT2D eigenvalue weighted by Gasteiger charge is -2.23. The van der Waals surface area contributed by atoms with Gasteiger partial charge in [0.15, 0.2) is 5.96 Å². The van der Waals surface area contributed by atoms with Gasteiger partial charge in [-0.1, -0.05) is 37.5 Å². The Morgan fingerprint density at radius 3 is 2.58 bits per heavy atom. The van der Waals surface area contributed by atoms with Gasteiger partial charge in [0.05, 0.1) is 24.5 Å². The van der Waals surface area contributed by atoms with Gasteiger partial charge in [-0.15, -0.1) is 24.0 Å². The summed E-state index contributed by atoms with van der Waals surface area (Å²) in [5.41, 5.74) is 3.08. The van der Waals surface area contributed by atoms with Crippen molar-refractivity contribution in [2.75, 3.05) is 27.2 Å². The number of amides is 1. The molecule has 8 heteroatoms. The highest BCUT2D eigenvalue weighted by molar-refractivity contribution is 14.0. The Morgan fingerprint density at radius 2 is 1.90 bits per heavy atom. The van der Waals surface area contributed by atoms with Crippen LogP contribution in [0.15, 0.2) is 41.5 Å². The number of guanidine groups is 1. The lowest BCUT2D eigenvalue weighted by atomic mass is 9.89. The summed E-state index contributed by atoms with van der Waals surface area (Å²) in [6, 6.07) is 10.1. The zero-order valence-corrected chi connectivity index (χ0v) is 21.1. The van der Waals surface area contributed by atoms with E-state index in [0.717, 1.165) is 23.5 Å². The van der Waals surface area contributed by atoms with Crippen LogP contribution >= 0.6 is 24.0 Å². The lowest BCUT2D eigenvalue weighted by molar-refractivity contribution is -0.127. The molecule has 7 nitrogen and oxygen atoms in total. The van der Waals surface area contributed by atoms with Crippen LogP contribution in [0.25, 0.3) is 5.69 Å². The van der Waals surface area contributed by atoms with Gasteiger partial charge in [0.25, 0.3) is 0 Å².